The third-order valence-corrected chi connectivity index (χ3v) is 7.96. The highest BCUT2D eigenvalue weighted by Gasteiger charge is 2.27. The van der Waals surface area contributed by atoms with E-state index >= 15 is 0 Å². The summed E-state index contributed by atoms with van der Waals surface area (Å²) in [6.45, 7) is 9.76. The molecule has 0 atom stereocenters. The van der Waals surface area contributed by atoms with Crippen LogP contribution in [0.4, 0.5) is 11.4 Å². The Kier molecular flexibility index (Phi) is 5.85. The van der Waals surface area contributed by atoms with Crippen molar-refractivity contribution in [3.05, 3.63) is 48.0 Å². The molecule has 5 rings (SSSR count). The zero-order valence-electron chi connectivity index (χ0n) is 17.6. The van der Waals surface area contributed by atoms with Crippen LogP contribution in [0.1, 0.15) is 37.7 Å². The maximum atomic E-state index is 2.75. The fourth-order valence-electron chi connectivity index (χ4n) is 5.25. The smallest absolute Gasteiger partial charge is 0.0553 e. The lowest BCUT2D eigenvalue weighted by Gasteiger charge is -2.37. The highest BCUT2D eigenvalue weighted by Crippen LogP contribution is 2.48. The molecule has 0 amide bonds. The van der Waals surface area contributed by atoms with Crippen molar-refractivity contribution in [2.24, 2.45) is 0 Å². The number of hydrogen-bond acceptors (Lipinski definition) is 4. The molecule has 0 bridgehead atoms. The Morgan fingerprint density at radius 3 is 2.45 bits per heavy atom. The van der Waals surface area contributed by atoms with Gasteiger partial charge in [0.2, 0.25) is 0 Å². The first-order chi connectivity index (χ1) is 14.3. The minimum atomic E-state index is 0.856. The lowest BCUT2D eigenvalue weighted by molar-refractivity contribution is 0.126. The van der Waals surface area contributed by atoms with E-state index in [1.54, 1.807) is 0 Å². The highest BCUT2D eigenvalue weighted by atomic mass is 32.2. The average Bonchev–Trinajstić information content (AvgIpc) is 3.28. The van der Waals surface area contributed by atoms with Crippen LogP contribution < -0.4 is 4.90 Å². The number of aryl methyl sites for hydroxylation is 1. The number of para-hydroxylation sites is 1. The largest absolute Gasteiger partial charge is 0.340 e. The Morgan fingerprint density at radius 2 is 1.62 bits per heavy atom. The number of rotatable bonds is 5. The molecule has 0 saturated carbocycles. The normalized spacial score (nSPS) is 20.7. The van der Waals surface area contributed by atoms with Crippen LogP contribution in [0.5, 0.6) is 0 Å². The van der Waals surface area contributed by atoms with Crippen molar-refractivity contribution in [1.82, 2.24) is 9.80 Å². The molecule has 0 N–H and O–H groups in total. The highest BCUT2D eigenvalue weighted by molar-refractivity contribution is 7.99. The summed E-state index contributed by atoms with van der Waals surface area (Å²) in [6.07, 6.45) is 6.78. The van der Waals surface area contributed by atoms with E-state index in [0.29, 0.717) is 0 Å². The summed E-state index contributed by atoms with van der Waals surface area (Å²) in [6, 6.07) is 16.7. The molecule has 3 aliphatic heterocycles. The van der Waals surface area contributed by atoms with E-state index < -0.39 is 0 Å². The molecule has 2 aromatic carbocycles. The summed E-state index contributed by atoms with van der Waals surface area (Å²) < 4.78 is 0. The van der Waals surface area contributed by atoms with Crippen LogP contribution >= 0.6 is 11.8 Å². The summed E-state index contributed by atoms with van der Waals surface area (Å²) in [4.78, 5) is 10.8. The fraction of sp³-hybridized carbons (Fsp3) is 0.520. The van der Waals surface area contributed by atoms with Crippen LogP contribution in [-0.4, -0.2) is 55.1 Å². The molecule has 29 heavy (non-hydrogen) atoms. The summed E-state index contributed by atoms with van der Waals surface area (Å²) in [5, 5.41) is 0. The average molecular weight is 408 g/mol. The van der Waals surface area contributed by atoms with Gasteiger partial charge in [0.15, 0.2) is 0 Å². The lowest BCUT2D eigenvalue weighted by Crippen LogP contribution is -2.44. The minimum Gasteiger partial charge on any atom is -0.340 e. The summed E-state index contributed by atoms with van der Waals surface area (Å²) in [7, 11) is 0. The SMILES string of the molecule is Cc1ccc2c(c1)Sc1ccccc1N2CCCN1CCC(N2CCCC2)CC1. The van der Waals surface area contributed by atoms with Crippen LogP contribution in [0.3, 0.4) is 0 Å². The van der Waals surface area contributed by atoms with Crippen molar-refractivity contribution < 1.29 is 0 Å². The Morgan fingerprint density at radius 1 is 0.862 bits per heavy atom. The second kappa shape index (κ2) is 8.71. The Hall–Kier alpha value is -1.49. The van der Waals surface area contributed by atoms with Crippen LogP contribution in [0.2, 0.25) is 0 Å². The van der Waals surface area contributed by atoms with Gasteiger partial charge >= 0.3 is 0 Å². The third kappa shape index (κ3) is 4.21. The third-order valence-electron chi connectivity index (χ3n) is 6.85. The summed E-state index contributed by atoms with van der Waals surface area (Å²) >= 11 is 1.92. The molecular formula is C25H33N3S. The Labute approximate surface area is 180 Å². The zero-order valence-corrected chi connectivity index (χ0v) is 18.5. The van der Waals surface area contributed by atoms with Gasteiger partial charge in [0.1, 0.15) is 0 Å². The number of fused-ring (bicyclic) bond motifs is 2. The van der Waals surface area contributed by atoms with Gasteiger partial charge in [-0.25, -0.2) is 0 Å². The quantitative estimate of drug-likeness (QED) is 0.643. The van der Waals surface area contributed by atoms with Crippen molar-refractivity contribution in [3.63, 3.8) is 0 Å². The van der Waals surface area contributed by atoms with Crippen LogP contribution in [0, 0.1) is 6.92 Å². The van der Waals surface area contributed by atoms with E-state index in [1.807, 2.05) is 11.8 Å². The molecule has 0 aromatic heterocycles. The van der Waals surface area contributed by atoms with E-state index in [2.05, 4.69) is 64.1 Å². The second-order valence-electron chi connectivity index (χ2n) is 8.86. The van der Waals surface area contributed by atoms with E-state index in [0.717, 1.165) is 12.6 Å². The molecular weight excluding hydrogens is 374 g/mol. The predicted molar refractivity (Wildman–Crippen MR) is 124 cm³/mol. The number of benzene rings is 2. The Balaban J connectivity index is 1.20. The van der Waals surface area contributed by atoms with Crippen molar-refractivity contribution in [2.75, 3.05) is 44.2 Å². The van der Waals surface area contributed by atoms with Crippen LogP contribution in [0.25, 0.3) is 0 Å². The molecule has 0 radical (unpaired) electrons. The summed E-state index contributed by atoms with van der Waals surface area (Å²) in [5.41, 5.74) is 4.10. The lowest BCUT2D eigenvalue weighted by atomic mass is 10.0. The van der Waals surface area contributed by atoms with E-state index in [9.17, 15) is 0 Å². The number of nitrogens with zero attached hydrogens (tertiary/aromatic N) is 3. The van der Waals surface area contributed by atoms with Crippen LogP contribution in [0.15, 0.2) is 52.3 Å². The number of piperidine rings is 1. The molecule has 0 aliphatic carbocycles. The molecule has 3 aliphatic rings. The van der Waals surface area contributed by atoms with E-state index in [1.165, 1.54) is 91.6 Å². The molecule has 154 valence electrons. The predicted octanol–water partition coefficient (Wildman–Crippen LogP) is 5.55. The zero-order chi connectivity index (χ0) is 19.6. The number of anilines is 2. The fourth-order valence-corrected chi connectivity index (χ4v) is 6.44. The van der Waals surface area contributed by atoms with E-state index in [-0.39, 0.29) is 0 Å². The first-order valence-corrected chi connectivity index (χ1v) is 12.2. The molecule has 2 aromatic rings. The van der Waals surface area contributed by atoms with Gasteiger partial charge in [0, 0.05) is 22.4 Å². The Bertz CT molecular complexity index is 838. The molecule has 0 unspecified atom stereocenters. The standard InChI is InChI=1S/C25H33N3S/c1-20-9-10-23-25(19-20)29-24-8-3-2-7-22(24)28(23)16-6-13-26-17-11-21(12-18-26)27-14-4-5-15-27/h2-3,7-10,19,21H,4-6,11-18H2,1H3. The molecule has 2 saturated heterocycles. The van der Waals surface area contributed by atoms with Crippen LogP contribution in [-0.2, 0) is 0 Å². The van der Waals surface area contributed by atoms with Crippen molar-refractivity contribution in [3.8, 4) is 0 Å². The first-order valence-electron chi connectivity index (χ1n) is 11.4. The van der Waals surface area contributed by atoms with Gasteiger partial charge in [0.25, 0.3) is 0 Å². The minimum absolute atomic E-state index is 0.856. The van der Waals surface area contributed by atoms with Gasteiger partial charge in [0.05, 0.1) is 11.4 Å². The van der Waals surface area contributed by atoms with Gasteiger partial charge in [-0.2, -0.15) is 0 Å². The second-order valence-corrected chi connectivity index (χ2v) is 9.95. The van der Waals surface area contributed by atoms with Gasteiger partial charge in [-0.05, 0) is 102 Å². The first kappa shape index (κ1) is 19.5. The number of hydrogen-bond donors (Lipinski definition) is 0. The maximum absolute atomic E-state index is 2.75. The maximum Gasteiger partial charge on any atom is 0.0553 e. The molecule has 3 nitrogen and oxygen atoms in total. The number of likely N-dealkylation sites (tertiary alicyclic amines) is 2. The van der Waals surface area contributed by atoms with Gasteiger partial charge < -0.3 is 14.7 Å². The molecule has 4 heteroatoms. The van der Waals surface area contributed by atoms with Gasteiger partial charge in [-0.1, -0.05) is 30.0 Å². The topological polar surface area (TPSA) is 9.72 Å². The molecule has 0 spiro atoms. The summed E-state index contributed by atoms with van der Waals surface area (Å²) in [5.74, 6) is 0. The molecule has 2 fully saturated rings. The monoisotopic (exact) mass is 407 g/mol. The van der Waals surface area contributed by atoms with E-state index in [4.69, 9.17) is 0 Å². The van der Waals surface area contributed by atoms with Gasteiger partial charge in [-0.15, -0.1) is 0 Å². The van der Waals surface area contributed by atoms with Gasteiger partial charge in [-0.3, -0.25) is 0 Å². The van der Waals surface area contributed by atoms with Crippen molar-refractivity contribution in [1.29, 1.82) is 0 Å². The molecule has 3 heterocycles. The van der Waals surface area contributed by atoms with Crippen molar-refractivity contribution >= 4 is 23.1 Å². The van der Waals surface area contributed by atoms with Crippen molar-refractivity contribution in [2.45, 2.75) is 54.9 Å².